The first kappa shape index (κ1) is 41.9. The van der Waals surface area contributed by atoms with E-state index >= 15 is 4.39 Å². The Morgan fingerprint density at radius 2 is 1.76 bits per heavy atom. The van der Waals surface area contributed by atoms with E-state index in [1.807, 2.05) is 31.2 Å². The number of benzene rings is 1. The maximum absolute atomic E-state index is 17.7. The number of carboxylic acid groups (broad SMARTS) is 1. The number of ether oxygens (including phenoxy) is 2. The summed E-state index contributed by atoms with van der Waals surface area (Å²) in [6.45, 7) is 2.45. The van der Waals surface area contributed by atoms with Crippen molar-refractivity contribution >= 4 is 51.2 Å². The molecule has 7 aliphatic carbocycles. The van der Waals surface area contributed by atoms with E-state index in [9.17, 15) is 44.1 Å². The molecule has 1 aliphatic heterocycles. The summed E-state index contributed by atoms with van der Waals surface area (Å²) in [7, 11) is 0. The third-order valence-electron chi connectivity index (χ3n) is 15.2. The molecule has 1 saturated heterocycles. The van der Waals surface area contributed by atoms with Crippen molar-refractivity contribution in [1.82, 2.24) is 16.0 Å². The zero-order valence-corrected chi connectivity index (χ0v) is 34.6. The van der Waals surface area contributed by atoms with Crippen LogP contribution in [0.15, 0.2) is 48.1 Å². The van der Waals surface area contributed by atoms with Crippen LogP contribution >= 0.6 is 15.9 Å². The van der Waals surface area contributed by atoms with Gasteiger partial charge in [-0.15, -0.1) is 0 Å². The van der Waals surface area contributed by atoms with E-state index in [1.165, 1.54) is 12.2 Å². The summed E-state index contributed by atoms with van der Waals surface area (Å²) in [5.41, 5.74) is -4.03. The Hall–Kier alpha value is -3.83. The third-order valence-corrected chi connectivity index (χ3v) is 15.7. The van der Waals surface area contributed by atoms with Gasteiger partial charge in [-0.2, -0.15) is 0 Å². The molecule has 7 fully saturated rings. The number of hydrogen-bond donors (Lipinski definition) is 6. The lowest BCUT2D eigenvalue weighted by molar-refractivity contribution is -0.231. The molecule has 10 atom stereocenters. The van der Waals surface area contributed by atoms with E-state index in [2.05, 4.69) is 31.9 Å². The number of amides is 3. The van der Waals surface area contributed by atoms with Gasteiger partial charge < -0.3 is 40.7 Å². The third kappa shape index (κ3) is 6.45. The van der Waals surface area contributed by atoms with Crippen LogP contribution in [0, 0.1) is 28.1 Å². The highest BCUT2D eigenvalue weighted by Gasteiger charge is 2.79. The van der Waals surface area contributed by atoms with Crippen LogP contribution in [-0.4, -0.2) is 104 Å². The molecule has 6 saturated carbocycles. The van der Waals surface area contributed by atoms with E-state index in [4.69, 9.17) is 9.47 Å². The smallest absolute Gasteiger partial charge is 0.303 e. The molecule has 3 amide bonds. The van der Waals surface area contributed by atoms with Crippen LogP contribution in [-0.2, 0) is 44.7 Å². The molecular weight excluding hydrogens is 833 g/mol. The molecule has 6 N–H and O–H groups in total. The standard InChI is InChI=1S/C43H51BrFN3O11/c1-38-12-11-26(50)13-25(38)7-8-27-28-14-32-43(31(52)19-49,39(28,2)16-30(51)42(27,38)45)59-37(58-32)24-5-3-23(4-6-24)15-40-20-41(21-40,22-40)48-36(57)29(9-10-35(55)56)47-34(54)18-46-33(53)17-44/h3-6,11-13,27-30,32,37,49,51H,7-10,14-22H2,1-2H3,(H,46,53)(H,47,54)(H,48,57)(H,55,56)/t27-,28-,29-,30-,32+,37+,38-,39-,40?,41?,42-,43+/m0/s1. The first-order valence-corrected chi connectivity index (χ1v) is 21.5. The summed E-state index contributed by atoms with van der Waals surface area (Å²) < 4.78 is 30.9. The normalized spacial score (nSPS) is 40.1. The number of nitrogens with one attached hydrogen (secondary N) is 3. The van der Waals surface area contributed by atoms with Gasteiger partial charge in [-0.1, -0.05) is 58.8 Å². The van der Waals surface area contributed by atoms with E-state index in [0.717, 1.165) is 12.0 Å². The number of halogens is 2. The highest BCUT2D eigenvalue weighted by molar-refractivity contribution is 9.09. The first-order valence-electron chi connectivity index (χ1n) is 20.4. The van der Waals surface area contributed by atoms with E-state index in [1.54, 1.807) is 13.0 Å². The van der Waals surface area contributed by atoms with Crippen LogP contribution in [0.5, 0.6) is 0 Å². The molecule has 9 rings (SSSR count). The number of carboxylic acids is 1. The molecule has 16 heteroatoms. The average molecular weight is 885 g/mol. The molecule has 318 valence electrons. The van der Waals surface area contributed by atoms with Crippen molar-refractivity contribution in [3.8, 4) is 0 Å². The summed E-state index contributed by atoms with van der Waals surface area (Å²) in [6.07, 6.45) is 4.80. The fourth-order valence-corrected chi connectivity index (χ4v) is 12.8. The summed E-state index contributed by atoms with van der Waals surface area (Å²) in [6, 6.07) is 6.63. The summed E-state index contributed by atoms with van der Waals surface area (Å²) in [5, 5.41) is 39.3. The second-order valence-electron chi connectivity index (χ2n) is 18.6. The number of carbonyl (C=O) groups excluding carboxylic acids is 5. The van der Waals surface area contributed by atoms with Crippen molar-refractivity contribution in [3.05, 3.63) is 59.2 Å². The SMILES string of the molecule is C[C@]12C=CC(=O)C=C1CC[C@H]1[C@@H]3C[C@H]4O[C@@H](c5ccc(CC67CC(NC(=O)[C@H](CCC(=O)O)NC(=O)CNC(=O)CBr)(C6)C7)cc5)O[C@@]4(C(=O)CO)[C@@]3(C)C[C@H](O)[C@@]12F. The number of aliphatic hydroxyl groups excluding tert-OH is 2. The Morgan fingerprint density at radius 1 is 1.05 bits per heavy atom. The molecule has 1 heterocycles. The molecule has 2 bridgehead atoms. The van der Waals surface area contributed by atoms with Gasteiger partial charge in [-0.3, -0.25) is 28.8 Å². The van der Waals surface area contributed by atoms with Crippen molar-refractivity contribution in [2.75, 3.05) is 18.5 Å². The second kappa shape index (κ2) is 14.7. The van der Waals surface area contributed by atoms with E-state index in [0.29, 0.717) is 49.7 Å². The van der Waals surface area contributed by atoms with Gasteiger partial charge in [0.05, 0.1) is 24.1 Å². The number of ketones is 2. The molecule has 0 unspecified atom stereocenters. The minimum Gasteiger partial charge on any atom is -0.481 e. The number of Topliss-reactive ketones (excluding diaryl/α,β-unsaturated/α-hetero) is 1. The fourth-order valence-electron chi connectivity index (χ4n) is 12.6. The molecular formula is C43H51BrFN3O11. The molecule has 14 nitrogen and oxygen atoms in total. The maximum atomic E-state index is 17.7. The zero-order chi connectivity index (χ0) is 42.3. The first-order chi connectivity index (χ1) is 27.9. The van der Waals surface area contributed by atoms with Crippen molar-refractivity contribution in [3.63, 3.8) is 0 Å². The van der Waals surface area contributed by atoms with Crippen LogP contribution < -0.4 is 16.0 Å². The number of aliphatic carboxylic acids is 1. The van der Waals surface area contributed by atoms with Crippen LogP contribution in [0.2, 0.25) is 0 Å². The highest BCUT2D eigenvalue weighted by Crippen LogP contribution is 2.73. The number of alkyl halides is 2. The number of carbonyl (C=O) groups is 6. The lowest BCUT2D eigenvalue weighted by Gasteiger charge is -2.71. The molecule has 0 aromatic heterocycles. The van der Waals surface area contributed by atoms with Crippen molar-refractivity contribution < 1.29 is 58.0 Å². The number of rotatable bonds is 14. The number of allylic oxidation sites excluding steroid dienone is 4. The maximum Gasteiger partial charge on any atom is 0.303 e. The van der Waals surface area contributed by atoms with Gasteiger partial charge in [0, 0.05) is 34.3 Å². The molecule has 8 aliphatic rings. The minimum absolute atomic E-state index is 0.0106. The van der Waals surface area contributed by atoms with Crippen molar-refractivity contribution in [2.24, 2.45) is 28.1 Å². The summed E-state index contributed by atoms with van der Waals surface area (Å²) >= 11 is 3.00. The fraction of sp³-hybridized carbons (Fsp3) is 0.628. The van der Waals surface area contributed by atoms with Gasteiger partial charge in [0.25, 0.3) is 0 Å². The quantitative estimate of drug-likeness (QED) is 0.149. The number of hydrogen-bond acceptors (Lipinski definition) is 10. The molecule has 59 heavy (non-hydrogen) atoms. The number of aliphatic hydroxyl groups is 2. The Morgan fingerprint density at radius 3 is 2.42 bits per heavy atom. The number of fused-ring (bicyclic) bond motifs is 7. The van der Waals surface area contributed by atoms with Crippen LogP contribution in [0.3, 0.4) is 0 Å². The lowest BCUT2D eigenvalue weighted by Crippen LogP contribution is -2.76. The van der Waals surface area contributed by atoms with Gasteiger partial charge in [-0.05, 0) is 93.8 Å². The predicted octanol–water partition coefficient (Wildman–Crippen LogP) is 2.82. The van der Waals surface area contributed by atoms with Gasteiger partial charge in [0.2, 0.25) is 17.7 Å². The highest BCUT2D eigenvalue weighted by atomic mass is 79.9. The van der Waals surface area contributed by atoms with Gasteiger partial charge >= 0.3 is 5.97 Å². The van der Waals surface area contributed by atoms with Crippen molar-refractivity contribution in [2.45, 2.75) is 119 Å². The zero-order valence-electron chi connectivity index (χ0n) is 33.1. The minimum atomic E-state index is -2.09. The molecule has 1 aromatic rings. The Bertz CT molecular complexity index is 2020. The average Bonchev–Trinajstić information content (AvgIpc) is 3.67. The largest absolute Gasteiger partial charge is 0.481 e. The van der Waals surface area contributed by atoms with Crippen LogP contribution in [0.1, 0.15) is 89.1 Å². The molecule has 0 radical (unpaired) electrons. The second-order valence-corrected chi connectivity index (χ2v) is 19.1. The molecule has 0 spiro atoms. The Kier molecular flexibility index (Phi) is 10.4. The summed E-state index contributed by atoms with van der Waals surface area (Å²) in [5.74, 6) is -4.38. The Labute approximate surface area is 349 Å². The van der Waals surface area contributed by atoms with Crippen molar-refractivity contribution in [1.29, 1.82) is 0 Å². The van der Waals surface area contributed by atoms with Gasteiger partial charge in [0.1, 0.15) is 12.6 Å². The lowest BCUT2D eigenvalue weighted by atomic mass is 9.38. The van der Waals surface area contributed by atoms with Gasteiger partial charge in [0.15, 0.2) is 29.1 Å². The molecule has 1 aromatic carbocycles. The van der Waals surface area contributed by atoms with E-state index < -0.39 is 100 Å². The van der Waals surface area contributed by atoms with Gasteiger partial charge in [-0.25, -0.2) is 4.39 Å². The topological polar surface area (TPSA) is 218 Å². The monoisotopic (exact) mass is 883 g/mol. The van der Waals surface area contributed by atoms with E-state index in [-0.39, 0.29) is 42.3 Å². The van der Waals surface area contributed by atoms with Crippen LogP contribution in [0.4, 0.5) is 4.39 Å². The van der Waals surface area contributed by atoms with Crippen LogP contribution in [0.25, 0.3) is 0 Å². The predicted molar refractivity (Wildman–Crippen MR) is 210 cm³/mol. The Balaban J connectivity index is 0.912. The summed E-state index contributed by atoms with van der Waals surface area (Å²) in [4.78, 5) is 74.5.